The lowest BCUT2D eigenvalue weighted by atomic mass is 9.66. The molecule has 1 atom stereocenters. The van der Waals surface area contributed by atoms with Crippen LogP contribution in [0.2, 0.25) is 0 Å². The predicted octanol–water partition coefficient (Wildman–Crippen LogP) is 7.45. The van der Waals surface area contributed by atoms with Crippen molar-refractivity contribution in [1.29, 1.82) is 0 Å². The van der Waals surface area contributed by atoms with Crippen LogP contribution in [0.25, 0.3) is 11.3 Å². The van der Waals surface area contributed by atoms with Crippen LogP contribution in [0.1, 0.15) is 81.9 Å². The van der Waals surface area contributed by atoms with Gasteiger partial charge in [0.25, 0.3) is 11.1 Å². The first-order valence-corrected chi connectivity index (χ1v) is 14.4. The number of aryl methyl sites for hydroxylation is 1. The summed E-state index contributed by atoms with van der Waals surface area (Å²) in [6, 6.07) is 18.0. The average molecular weight is 519 g/mol. The van der Waals surface area contributed by atoms with Crippen LogP contribution in [-0.2, 0) is 9.59 Å². The Hall–Kier alpha value is -2.99. The van der Waals surface area contributed by atoms with Crippen molar-refractivity contribution in [2.45, 2.75) is 77.7 Å². The molecule has 1 fully saturated rings. The summed E-state index contributed by atoms with van der Waals surface area (Å²) in [7, 11) is 0. The molecule has 1 N–H and O–H groups in total. The third kappa shape index (κ3) is 7.75. The molecule has 1 aliphatic carbocycles. The molecule has 0 radical (unpaired) electrons. The number of Topliss-reactive ketones (excluding diaryl/α,β-unsaturated/α-hetero) is 1. The van der Waals surface area contributed by atoms with Crippen molar-refractivity contribution in [2.24, 2.45) is 5.41 Å². The minimum absolute atomic E-state index is 0.169. The van der Waals surface area contributed by atoms with Gasteiger partial charge in [-0.05, 0) is 45.1 Å². The quantitative estimate of drug-likeness (QED) is 0.178. The Kier molecular flexibility index (Phi) is 9.51. The lowest BCUT2D eigenvalue weighted by Gasteiger charge is -2.41. The van der Waals surface area contributed by atoms with Crippen molar-refractivity contribution in [3.05, 3.63) is 71.1 Å². The van der Waals surface area contributed by atoms with E-state index in [9.17, 15) is 9.59 Å². The van der Waals surface area contributed by atoms with E-state index in [-0.39, 0.29) is 17.2 Å². The molecule has 1 heterocycles. The number of unbranched alkanes of at least 4 members (excludes halogenated alkanes) is 3. The van der Waals surface area contributed by atoms with Crippen LogP contribution in [0, 0.1) is 12.3 Å². The molecule has 4 rings (SSSR count). The molecule has 5 nitrogen and oxygen atoms in total. The van der Waals surface area contributed by atoms with E-state index in [2.05, 4.69) is 46.9 Å². The number of amides is 1. The summed E-state index contributed by atoms with van der Waals surface area (Å²) < 4.78 is 6.16. The second-order valence-corrected chi connectivity index (χ2v) is 11.3. The van der Waals surface area contributed by atoms with Crippen LogP contribution < -0.4 is 10.1 Å². The number of hydrogen-bond donors (Lipinski definition) is 1. The largest absolute Gasteiger partial charge is 0.469 e. The highest BCUT2D eigenvalue weighted by Crippen LogP contribution is 2.45. The van der Waals surface area contributed by atoms with E-state index in [1.54, 1.807) is 11.3 Å². The fourth-order valence-electron chi connectivity index (χ4n) is 4.89. The molecule has 0 unspecified atom stereocenters. The maximum Gasteiger partial charge on any atom is 0.287 e. The third-order valence-corrected chi connectivity index (χ3v) is 8.26. The normalized spacial score (nSPS) is 15.0. The van der Waals surface area contributed by atoms with Crippen LogP contribution in [0.4, 0.5) is 0 Å². The van der Waals surface area contributed by atoms with E-state index >= 15 is 0 Å². The summed E-state index contributed by atoms with van der Waals surface area (Å²) in [5.74, 6) is -0.797. The number of nitrogens with zero attached hydrogens (tertiary/aromatic N) is 1. The average Bonchev–Trinajstić information content (AvgIpc) is 3.36. The van der Waals surface area contributed by atoms with Crippen molar-refractivity contribution in [3.8, 4) is 16.5 Å². The molecule has 3 aromatic rings. The maximum absolute atomic E-state index is 12.3. The molecule has 0 saturated heterocycles. The Morgan fingerprint density at radius 2 is 1.76 bits per heavy atom. The van der Waals surface area contributed by atoms with Gasteiger partial charge >= 0.3 is 0 Å². The minimum Gasteiger partial charge on any atom is -0.469 e. The van der Waals surface area contributed by atoms with Crippen molar-refractivity contribution in [1.82, 2.24) is 10.3 Å². The first kappa shape index (κ1) is 27.1. The third-order valence-electron chi connectivity index (χ3n) is 7.51. The van der Waals surface area contributed by atoms with Crippen LogP contribution in [-0.4, -0.2) is 23.3 Å². The molecular formula is C31H38N2O3S. The zero-order valence-electron chi connectivity index (χ0n) is 22.0. The van der Waals surface area contributed by atoms with Gasteiger partial charge in [-0.25, -0.2) is 4.98 Å². The van der Waals surface area contributed by atoms with Crippen LogP contribution in [0.15, 0.2) is 60.0 Å². The fraction of sp³-hybridized carbons (Fsp3) is 0.452. The smallest absolute Gasteiger partial charge is 0.287 e. The van der Waals surface area contributed by atoms with Gasteiger partial charge in [0.15, 0.2) is 0 Å². The van der Waals surface area contributed by atoms with E-state index in [1.807, 2.05) is 37.3 Å². The van der Waals surface area contributed by atoms with Gasteiger partial charge < -0.3 is 10.1 Å². The van der Waals surface area contributed by atoms with Crippen LogP contribution in [0.3, 0.4) is 0 Å². The maximum atomic E-state index is 12.3. The first-order chi connectivity index (χ1) is 17.9. The van der Waals surface area contributed by atoms with E-state index in [1.165, 1.54) is 24.8 Å². The predicted molar refractivity (Wildman–Crippen MR) is 150 cm³/mol. The molecule has 2 aromatic carbocycles. The monoisotopic (exact) mass is 518 g/mol. The molecule has 1 amide bonds. The highest BCUT2D eigenvalue weighted by molar-refractivity contribution is 7.11. The van der Waals surface area contributed by atoms with Gasteiger partial charge in [-0.15, -0.1) is 0 Å². The highest BCUT2D eigenvalue weighted by Gasteiger charge is 2.37. The molecule has 196 valence electrons. The molecule has 0 bridgehead atoms. The Morgan fingerprint density at radius 1 is 1.03 bits per heavy atom. The molecule has 37 heavy (non-hydrogen) atoms. The van der Waals surface area contributed by atoms with Crippen LogP contribution >= 0.6 is 11.3 Å². The lowest BCUT2D eigenvalue weighted by Crippen LogP contribution is -2.35. The van der Waals surface area contributed by atoms with Crippen molar-refractivity contribution in [3.63, 3.8) is 0 Å². The Labute approximate surface area is 224 Å². The number of carbonyl (C=O) groups excluding carboxylic acids is 2. The van der Waals surface area contributed by atoms with E-state index in [4.69, 9.17) is 4.74 Å². The zero-order valence-corrected chi connectivity index (χ0v) is 22.8. The van der Waals surface area contributed by atoms with Crippen molar-refractivity contribution < 1.29 is 14.3 Å². The number of ketones is 1. The van der Waals surface area contributed by atoms with Crippen molar-refractivity contribution in [2.75, 3.05) is 6.61 Å². The molecule has 1 aromatic heterocycles. The van der Waals surface area contributed by atoms with Gasteiger partial charge in [0.05, 0.1) is 18.3 Å². The van der Waals surface area contributed by atoms with Crippen molar-refractivity contribution >= 4 is 23.0 Å². The summed E-state index contributed by atoms with van der Waals surface area (Å²) in [6.45, 7) is 4.72. The second-order valence-electron chi connectivity index (χ2n) is 10.5. The first-order valence-electron chi connectivity index (χ1n) is 13.5. The van der Waals surface area contributed by atoms with Gasteiger partial charge in [0, 0.05) is 22.8 Å². The Bertz CT molecular complexity index is 1150. The fourth-order valence-corrected chi connectivity index (χ4v) is 5.57. The van der Waals surface area contributed by atoms with Gasteiger partial charge in [-0.3, -0.25) is 9.59 Å². The minimum atomic E-state index is -0.477. The van der Waals surface area contributed by atoms with Gasteiger partial charge in [-0.2, -0.15) is 0 Å². The summed E-state index contributed by atoms with van der Waals surface area (Å²) in [6.07, 6.45) is 9.07. The molecule has 1 aliphatic rings. The molecule has 1 saturated carbocycles. The van der Waals surface area contributed by atoms with Gasteiger partial charge in [0.1, 0.15) is 0 Å². The highest BCUT2D eigenvalue weighted by atomic mass is 32.1. The summed E-state index contributed by atoms with van der Waals surface area (Å²) in [4.78, 5) is 29.2. The standard InChI is InChI=1S/C31H38N2O3S/c1-23-14-16-26(17-15-23)27-21-37-30(33-27)36-22-31(19-10-20-31)18-9-4-3-8-13-28(34)29(35)32-24(2)25-11-6-5-7-12-25/h5-7,11-12,14-17,21,24H,3-4,8-10,13,18-20,22H2,1-2H3,(H,32,35)/t24-/m1/s1. The number of rotatable bonds is 14. The molecular weight excluding hydrogens is 480 g/mol. The number of ether oxygens (including phenoxy) is 1. The molecule has 0 spiro atoms. The van der Waals surface area contributed by atoms with Gasteiger partial charge in [0.2, 0.25) is 5.78 Å². The Balaban J connectivity index is 1.12. The summed E-state index contributed by atoms with van der Waals surface area (Å²) >= 11 is 1.57. The number of nitrogens with one attached hydrogen (secondary N) is 1. The van der Waals surface area contributed by atoms with E-state index in [0.717, 1.165) is 60.7 Å². The SMILES string of the molecule is Cc1ccc(-c2csc(OCC3(CCCCCCC(=O)C(=O)N[C@H](C)c4ccccc4)CCC3)n2)cc1. The summed E-state index contributed by atoms with van der Waals surface area (Å²) in [5.41, 5.74) is 4.60. The topological polar surface area (TPSA) is 68.3 Å². The van der Waals surface area contributed by atoms with E-state index in [0.29, 0.717) is 6.42 Å². The Morgan fingerprint density at radius 3 is 2.46 bits per heavy atom. The lowest BCUT2D eigenvalue weighted by molar-refractivity contribution is -0.138. The number of carbonyl (C=O) groups is 2. The molecule has 6 heteroatoms. The van der Waals surface area contributed by atoms with Gasteiger partial charge in [-0.1, -0.05) is 97.2 Å². The number of benzene rings is 2. The second kappa shape index (κ2) is 13.0. The summed E-state index contributed by atoms with van der Waals surface area (Å²) in [5, 5.41) is 5.63. The number of hydrogen-bond acceptors (Lipinski definition) is 5. The van der Waals surface area contributed by atoms with Crippen LogP contribution in [0.5, 0.6) is 5.19 Å². The zero-order chi connectivity index (χ0) is 26.1. The number of thiazole rings is 1. The molecule has 0 aliphatic heterocycles. The van der Waals surface area contributed by atoms with E-state index < -0.39 is 5.91 Å². The number of aromatic nitrogens is 1.